The van der Waals surface area contributed by atoms with Crippen molar-refractivity contribution in [2.45, 2.75) is 33.2 Å². The van der Waals surface area contributed by atoms with Gasteiger partial charge in [0.15, 0.2) is 0 Å². The Morgan fingerprint density at radius 1 is 1.35 bits per heavy atom. The molecule has 0 saturated carbocycles. The Hall–Kier alpha value is -1.39. The number of ether oxygens (including phenoxy) is 1. The van der Waals surface area contributed by atoms with Crippen molar-refractivity contribution < 1.29 is 4.74 Å². The van der Waals surface area contributed by atoms with E-state index in [2.05, 4.69) is 35.4 Å². The summed E-state index contributed by atoms with van der Waals surface area (Å²) in [6, 6.07) is 8.51. The first-order valence-electron chi connectivity index (χ1n) is 7.13. The number of aromatic nitrogens is 1. The molecule has 0 fully saturated rings. The summed E-state index contributed by atoms with van der Waals surface area (Å²) < 4.78 is 5.60. The molecular formula is C16H22N2OS. The number of rotatable bonds is 7. The lowest BCUT2D eigenvalue weighted by molar-refractivity contribution is 0.339. The number of hydrogen-bond acceptors (Lipinski definition) is 4. The van der Waals surface area contributed by atoms with E-state index in [-0.39, 0.29) is 6.04 Å². The number of hydrogen-bond donors (Lipinski definition) is 1. The maximum atomic E-state index is 5.60. The number of nitrogens with zero attached hydrogens (tertiary/aromatic N) is 1. The van der Waals surface area contributed by atoms with Crippen LogP contribution >= 0.6 is 11.3 Å². The SMILES string of the molecule is CCCNC(c1cccc(OCC)c1)c1cnc(C)s1. The molecule has 108 valence electrons. The molecule has 1 atom stereocenters. The quantitative estimate of drug-likeness (QED) is 0.838. The lowest BCUT2D eigenvalue weighted by Crippen LogP contribution is -2.22. The van der Waals surface area contributed by atoms with Gasteiger partial charge in [0.25, 0.3) is 0 Å². The van der Waals surface area contributed by atoms with Crippen molar-refractivity contribution in [3.63, 3.8) is 0 Å². The molecule has 0 bridgehead atoms. The highest BCUT2D eigenvalue weighted by atomic mass is 32.1. The molecule has 0 aliphatic heterocycles. The zero-order chi connectivity index (χ0) is 14.4. The highest BCUT2D eigenvalue weighted by Crippen LogP contribution is 2.28. The van der Waals surface area contributed by atoms with E-state index in [1.165, 1.54) is 10.4 Å². The van der Waals surface area contributed by atoms with E-state index in [0.29, 0.717) is 6.61 Å². The molecule has 1 heterocycles. The fourth-order valence-electron chi connectivity index (χ4n) is 2.13. The first kappa shape index (κ1) is 15.0. The van der Waals surface area contributed by atoms with Crippen LogP contribution in [0.25, 0.3) is 0 Å². The lowest BCUT2D eigenvalue weighted by Gasteiger charge is -2.18. The van der Waals surface area contributed by atoms with Crippen LogP contribution in [0.3, 0.4) is 0 Å². The van der Waals surface area contributed by atoms with Gasteiger partial charge in [0.1, 0.15) is 5.75 Å². The first-order valence-corrected chi connectivity index (χ1v) is 7.94. The maximum Gasteiger partial charge on any atom is 0.119 e. The third-order valence-corrected chi connectivity index (χ3v) is 4.00. The van der Waals surface area contributed by atoms with Gasteiger partial charge >= 0.3 is 0 Å². The fourth-order valence-corrected chi connectivity index (χ4v) is 3.02. The fraction of sp³-hybridized carbons (Fsp3) is 0.438. The second-order valence-electron chi connectivity index (χ2n) is 4.67. The summed E-state index contributed by atoms with van der Waals surface area (Å²) in [6.45, 7) is 7.91. The largest absolute Gasteiger partial charge is 0.494 e. The Morgan fingerprint density at radius 2 is 2.20 bits per heavy atom. The molecule has 0 amide bonds. The summed E-state index contributed by atoms with van der Waals surface area (Å²) in [4.78, 5) is 5.63. The normalized spacial score (nSPS) is 12.3. The van der Waals surface area contributed by atoms with Gasteiger partial charge in [0.2, 0.25) is 0 Å². The van der Waals surface area contributed by atoms with Crippen molar-refractivity contribution >= 4 is 11.3 Å². The summed E-state index contributed by atoms with van der Waals surface area (Å²) in [5, 5.41) is 4.70. The van der Waals surface area contributed by atoms with Gasteiger partial charge in [-0.2, -0.15) is 0 Å². The van der Waals surface area contributed by atoms with E-state index >= 15 is 0 Å². The molecule has 0 aliphatic rings. The van der Waals surface area contributed by atoms with Crippen LogP contribution in [0.5, 0.6) is 5.75 Å². The molecule has 4 heteroatoms. The van der Waals surface area contributed by atoms with Gasteiger partial charge in [-0.05, 0) is 44.5 Å². The second kappa shape index (κ2) is 7.41. The van der Waals surface area contributed by atoms with Crippen LogP contribution in [0.4, 0.5) is 0 Å². The highest BCUT2D eigenvalue weighted by Gasteiger charge is 2.16. The van der Waals surface area contributed by atoms with Crippen LogP contribution in [0.1, 0.15) is 41.8 Å². The van der Waals surface area contributed by atoms with E-state index < -0.39 is 0 Å². The molecule has 1 unspecified atom stereocenters. The van der Waals surface area contributed by atoms with Crippen molar-refractivity contribution in [2.75, 3.05) is 13.2 Å². The molecule has 1 N–H and O–H groups in total. The Balaban J connectivity index is 2.28. The third kappa shape index (κ3) is 3.81. The van der Waals surface area contributed by atoms with Crippen molar-refractivity contribution in [1.29, 1.82) is 0 Å². The van der Waals surface area contributed by atoms with Gasteiger partial charge in [0, 0.05) is 11.1 Å². The van der Waals surface area contributed by atoms with Crippen molar-refractivity contribution in [2.24, 2.45) is 0 Å². The van der Waals surface area contributed by atoms with E-state index in [9.17, 15) is 0 Å². The van der Waals surface area contributed by atoms with Gasteiger partial charge in [-0.3, -0.25) is 0 Å². The van der Waals surface area contributed by atoms with Crippen LogP contribution in [0, 0.1) is 6.92 Å². The number of nitrogens with one attached hydrogen (secondary N) is 1. The summed E-state index contributed by atoms with van der Waals surface area (Å²) >= 11 is 1.75. The third-order valence-electron chi connectivity index (χ3n) is 3.02. The summed E-state index contributed by atoms with van der Waals surface area (Å²) in [5.74, 6) is 0.925. The minimum atomic E-state index is 0.196. The van der Waals surface area contributed by atoms with E-state index in [4.69, 9.17) is 4.74 Å². The van der Waals surface area contributed by atoms with Gasteiger partial charge in [-0.25, -0.2) is 4.98 Å². The average molecular weight is 290 g/mol. The molecule has 2 aromatic rings. The van der Waals surface area contributed by atoms with Gasteiger partial charge in [0.05, 0.1) is 17.7 Å². The topological polar surface area (TPSA) is 34.1 Å². The van der Waals surface area contributed by atoms with Gasteiger partial charge in [-0.15, -0.1) is 11.3 Å². The van der Waals surface area contributed by atoms with Gasteiger partial charge < -0.3 is 10.1 Å². The van der Waals surface area contributed by atoms with E-state index in [0.717, 1.165) is 23.7 Å². The summed E-state index contributed by atoms with van der Waals surface area (Å²) in [5.41, 5.74) is 1.23. The van der Waals surface area contributed by atoms with Crippen LogP contribution in [-0.4, -0.2) is 18.1 Å². The van der Waals surface area contributed by atoms with Crippen LogP contribution in [-0.2, 0) is 0 Å². The predicted molar refractivity (Wildman–Crippen MR) is 84.6 cm³/mol. The molecule has 0 aliphatic carbocycles. The molecule has 0 radical (unpaired) electrons. The summed E-state index contributed by atoms with van der Waals surface area (Å²) in [6.07, 6.45) is 3.08. The van der Waals surface area contributed by atoms with Crippen LogP contribution < -0.4 is 10.1 Å². The Morgan fingerprint density at radius 3 is 2.85 bits per heavy atom. The first-order chi connectivity index (χ1) is 9.74. The number of benzene rings is 1. The van der Waals surface area contributed by atoms with Gasteiger partial charge in [-0.1, -0.05) is 19.1 Å². The van der Waals surface area contributed by atoms with Crippen LogP contribution in [0.2, 0.25) is 0 Å². The Kier molecular flexibility index (Phi) is 5.56. The van der Waals surface area contributed by atoms with E-state index in [1.807, 2.05) is 26.1 Å². The maximum absolute atomic E-state index is 5.60. The molecule has 20 heavy (non-hydrogen) atoms. The molecule has 1 aromatic carbocycles. The molecule has 2 rings (SSSR count). The van der Waals surface area contributed by atoms with Crippen molar-refractivity contribution in [3.8, 4) is 5.75 Å². The van der Waals surface area contributed by atoms with Crippen molar-refractivity contribution in [1.82, 2.24) is 10.3 Å². The zero-order valence-corrected chi connectivity index (χ0v) is 13.2. The Labute approximate surface area is 125 Å². The minimum absolute atomic E-state index is 0.196. The standard InChI is InChI=1S/C16H22N2OS/c1-4-9-17-16(15-11-18-12(3)20-15)13-7-6-8-14(10-13)19-5-2/h6-8,10-11,16-17H,4-5,9H2,1-3H3. The predicted octanol–water partition coefficient (Wildman–Crippen LogP) is 3.94. The minimum Gasteiger partial charge on any atom is -0.494 e. The zero-order valence-electron chi connectivity index (χ0n) is 12.3. The summed E-state index contributed by atoms with van der Waals surface area (Å²) in [7, 11) is 0. The number of thiazole rings is 1. The smallest absolute Gasteiger partial charge is 0.119 e. The monoisotopic (exact) mass is 290 g/mol. The lowest BCUT2D eigenvalue weighted by atomic mass is 10.1. The molecule has 1 aromatic heterocycles. The molecule has 3 nitrogen and oxygen atoms in total. The molecular weight excluding hydrogens is 268 g/mol. The number of aryl methyl sites for hydroxylation is 1. The highest BCUT2D eigenvalue weighted by molar-refractivity contribution is 7.11. The molecule has 0 spiro atoms. The van der Waals surface area contributed by atoms with E-state index in [1.54, 1.807) is 11.3 Å². The second-order valence-corrected chi connectivity index (χ2v) is 5.94. The van der Waals surface area contributed by atoms with Crippen LogP contribution in [0.15, 0.2) is 30.5 Å². The van der Waals surface area contributed by atoms with Crippen molar-refractivity contribution in [3.05, 3.63) is 45.9 Å². The Bertz CT molecular complexity index is 539. The molecule has 0 saturated heterocycles. The average Bonchev–Trinajstić information content (AvgIpc) is 2.87.